The summed E-state index contributed by atoms with van der Waals surface area (Å²) in [6, 6.07) is -5.60. The number of carbonyl (C=O) groups is 6. The minimum atomic E-state index is -2.52. The van der Waals surface area contributed by atoms with Gasteiger partial charge in [0.05, 0.1) is 19.8 Å². The molecule has 20 N–H and O–H groups in total. The van der Waals surface area contributed by atoms with Crippen molar-refractivity contribution in [1.29, 1.82) is 0 Å². The Morgan fingerprint density at radius 2 is 0.633 bits per heavy atom. The molecular formula is C42H65N3O34. The smallest absolute Gasteiger partial charge is 0.335 e. The van der Waals surface area contributed by atoms with Gasteiger partial charge in [-0.25, -0.2) is 14.4 Å². The number of nitrogens with one attached hydrogen (secondary N) is 3. The summed E-state index contributed by atoms with van der Waals surface area (Å²) >= 11 is 0. The third-order valence-corrected chi connectivity index (χ3v) is 13.5. The fourth-order valence-corrected chi connectivity index (χ4v) is 9.64. The van der Waals surface area contributed by atoms with Gasteiger partial charge in [0.1, 0.15) is 128 Å². The largest absolute Gasteiger partial charge is 0.479 e. The first-order valence-electron chi connectivity index (χ1n) is 24.1. The average molecular weight is 1160 g/mol. The normalized spacial score (nSPS) is 46.6. The van der Waals surface area contributed by atoms with Crippen LogP contribution in [-0.2, 0) is 80.9 Å². The zero-order valence-electron chi connectivity index (χ0n) is 41.5. The number of rotatable bonds is 19. The molecule has 0 aliphatic carbocycles. The molecule has 6 rings (SSSR count). The number of carboxylic acids is 3. The molecule has 37 nitrogen and oxygen atoms in total. The van der Waals surface area contributed by atoms with Gasteiger partial charge in [-0.05, 0) is 0 Å². The van der Waals surface area contributed by atoms with Gasteiger partial charge < -0.3 is 155 Å². The Morgan fingerprint density at radius 1 is 0.342 bits per heavy atom. The van der Waals surface area contributed by atoms with Gasteiger partial charge >= 0.3 is 17.9 Å². The Bertz CT molecular complexity index is 2120. The third kappa shape index (κ3) is 13.8. The number of hydrogen-bond acceptors (Lipinski definition) is 31. The molecule has 6 aliphatic rings. The van der Waals surface area contributed by atoms with Gasteiger partial charge in [0.25, 0.3) is 0 Å². The van der Waals surface area contributed by atoms with Gasteiger partial charge in [0.15, 0.2) is 56.1 Å². The zero-order chi connectivity index (χ0) is 58.8. The lowest BCUT2D eigenvalue weighted by atomic mass is 9.93. The Morgan fingerprint density at radius 3 is 0.962 bits per heavy atom. The first-order chi connectivity index (χ1) is 37.1. The molecule has 3 amide bonds. The molecule has 0 spiro atoms. The predicted octanol–water partition coefficient (Wildman–Crippen LogP) is -13.4. The van der Waals surface area contributed by atoms with Crippen LogP contribution in [0.3, 0.4) is 0 Å². The number of aliphatic carboxylic acids is 3. The van der Waals surface area contributed by atoms with Crippen molar-refractivity contribution >= 4 is 35.6 Å². The highest BCUT2D eigenvalue weighted by atomic mass is 16.8. The van der Waals surface area contributed by atoms with Gasteiger partial charge in [-0.1, -0.05) is 0 Å². The van der Waals surface area contributed by atoms with Gasteiger partial charge in [-0.3, -0.25) is 14.4 Å². The zero-order valence-corrected chi connectivity index (χ0v) is 41.5. The van der Waals surface area contributed by atoms with E-state index in [-0.39, 0.29) is 0 Å². The maximum absolute atomic E-state index is 12.9. The maximum Gasteiger partial charge on any atom is 0.335 e. The Kier molecular flexibility index (Phi) is 21.7. The molecular weight excluding hydrogens is 1090 g/mol. The molecule has 0 unspecified atom stereocenters. The van der Waals surface area contributed by atoms with Crippen molar-refractivity contribution in [2.45, 2.75) is 205 Å². The molecule has 0 aromatic heterocycles. The van der Waals surface area contributed by atoms with Gasteiger partial charge in [-0.2, -0.15) is 0 Å². The maximum atomic E-state index is 12.9. The van der Waals surface area contributed by atoms with E-state index in [2.05, 4.69) is 16.0 Å². The van der Waals surface area contributed by atoms with Crippen LogP contribution < -0.4 is 16.0 Å². The summed E-state index contributed by atoms with van der Waals surface area (Å²) in [7, 11) is 0. The molecule has 6 aliphatic heterocycles. The molecule has 0 aromatic carbocycles. The lowest BCUT2D eigenvalue weighted by Gasteiger charge is -2.50. The van der Waals surface area contributed by atoms with E-state index in [1.165, 1.54) is 0 Å². The highest BCUT2D eigenvalue weighted by Gasteiger charge is 2.60. The highest BCUT2D eigenvalue weighted by Crippen LogP contribution is 2.37. The molecule has 0 bridgehead atoms. The number of aliphatic hydroxyl groups excluding tert-OH is 14. The van der Waals surface area contributed by atoms with Crippen LogP contribution >= 0.6 is 0 Å². The second-order valence-electron chi connectivity index (χ2n) is 19.1. The molecule has 0 aromatic rings. The molecule has 6 saturated heterocycles. The first kappa shape index (κ1) is 64.0. The Hall–Kier alpha value is -4.18. The van der Waals surface area contributed by atoms with E-state index in [0.29, 0.717) is 0 Å². The third-order valence-electron chi connectivity index (χ3n) is 13.5. The van der Waals surface area contributed by atoms with E-state index in [1.807, 2.05) is 0 Å². The van der Waals surface area contributed by atoms with Crippen molar-refractivity contribution in [3.05, 3.63) is 0 Å². The lowest BCUT2D eigenvalue weighted by molar-refractivity contribution is -0.377. The van der Waals surface area contributed by atoms with Crippen molar-refractivity contribution in [2.75, 3.05) is 19.8 Å². The molecule has 0 radical (unpaired) electrons. The molecule has 0 saturated carbocycles. The van der Waals surface area contributed by atoms with Crippen LogP contribution in [0.2, 0.25) is 0 Å². The van der Waals surface area contributed by atoms with Crippen LogP contribution in [-0.4, -0.2) is 326 Å². The van der Waals surface area contributed by atoms with Gasteiger partial charge in [0.2, 0.25) is 17.7 Å². The minimum absolute atomic E-state index is 0.806. The van der Waals surface area contributed by atoms with Crippen molar-refractivity contribution in [3.8, 4) is 0 Å². The molecule has 452 valence electrons. The number of carboxylic acid groups (broad SMARTS) is 3. The summed E-state index contributed by atoms with van der Waals surface area (Å²) in [4.78, 5) is 74.7. The van der Waals surface area contributed by atoms with E-state index in [0.717, 1.165) is 20.8 Å². The van der Waals surface area contributed by atoms with Crippen molar-refractivity contribution in [2.24, 2.45) is 0 Å². The van der Waals surface area contributed by atoms with Crippen molar-refractivity contribution in [3.63, 3.8) is 0 Å². The van der Waals surface area contributed by atoms with Crippen LogP contribution in [0, 0.1) is 0 Å². The molecule has 6 heterocycles. The lowest BCUT2D eigenvalue weighted by Crippen LogP contribution is -2.71. The fraction of sp³-hybridized carbons (Fsp3) is 0.857. The number of aliphatic hydroxyl groups is 14. The van der Waals surface area contributed by atoms with E-state index in [1.54, 1.807) is 0 Å². The standard InChI is InChI=1S/C42H65N3O34/c1-7(49)43-13-26(16(52)10(4-46)69-37(13)68)72-41-24(60)21(57)29(32(78-41)35(64)65)75-39-15(45-9(3)51)28(18(54)12(6-48)71-39)74-42-25(61)22(58)30(33(79-42)36(66)67)76-38-14(44-8(2)50)27(17(53)11(5-47)70-38)73-40-23(59)19(55)20(56)31(77-40)34(62)63/h10-33,37-42,46-48,52-61,68H,4-6H2,1-3H3,(H,43,49)(H,44,50)(H,45,51)(H,62,63)(H,64,65)(H,66,67)/t10-,11-,12-,13-,14-,15-,16+,17+,18+,19+,20+,21-,22-,23-,24-,25-,26-,27-,28-,29+,30+,31+,32+,33+,37-,38+,39+,40-,41-,42-/m1/s1. The van der Waals surface area contributed by atoms with Crippen LogP contribution in [0.15, 0.2) is 0 Å². The summed E-state index contributed by atoms with van der Waals surface area (Å²) in [5.74, 6) is -8.58. The fourth-order valence-electron chi connectivity index (χ4n) is 9.64. The Labute approximate surface area is 443 Å². The van der Waals surface area contributed by atoms with Crippen molar-refractivity contribution in [1.82, 2.24) is 16.0 Å². The summed E-state index contributed by atoms with van der Waals surface area (Å²) in [5, 5.41) is 188. The summed E-state index contributed by atoms with van der Waals surface area (Å²) in [6.45, 7) is -0.408. The van der Waals surface area contributed by atoms with Crippen LogP contribution in [0.1, 0.15) is 20.8 Å². The minimum Gasteiger partial charge on any atom is -0.479 e. The van der Waals surface area contributed by atoms with Crippen LogP contribution in [0.4, 0.5) is 0 Å². The molecule has 37 heteroatoms. The first-order valence-corrected chi connectivity index (χ1v) is 24.1. The molecule has 30 atom stereocenters. The van der Waals surface area contributed by atoms with E-state index in [9.17, 15) is 116 Å². The number of amides is 3. The average Bonchev–Trinajstić information content (AvgIpc) is 3.54. The quantitative estimate of drug-likeness (QED) is 0.0571. The van der Waals surface area contributed by atoms with Gasteiger partial charge in [0, 0.05) is 20.8 Å². The van der Waals surface area contributed by atoms with E-state index < -0.39 is 239 Å². The molecule has 79 heavy (non-hydrogen) atoms. The monoisotopic (exact) mass is 1160 g/mol. The SMILES string of the molecule is CC(=O)N[C@@H]1[C@@H](O[C@@H]2O[C@H](C(=O)O)[C@@H](O[C@@H]3O[C@H](CO)[C@H](O)[C@H](O[C@@H]4O[C@H](C(=O)O)[C@@H](O[C@@H]5O[C@H](CO)[C@H](O)[C@H](O[C@@H]6O[C@H](C(=O)O)[C@@H](O)[C@H](O)[C@H]6O)[C@H]5NC(C)=O)[C@H](O)[C@H]4O)[C@H]3NC(C)=O)[C@H](O)[C@H]2O)[C@@H](O)[C@@H](CO)O[C@H]1O. The number of ether oxygens (including phenoxy) is 11. The summed E-state index contributed by atoms with van der Waals surface area (Å²) < 4.78 is 61.2. The second-order valence-corrected chi connectivity index (χ2v) is 19.1. The van der Waals surface area contributed by atoms with Crippen LogP contribution in [0.25, 0.3) is 0 Å². The summed E-state index contributed by atoms with van der Waals surface area (Å²) in [5.41, 5.74) is 0. The van der Waals surface area contributed by atoms with Crippen LogP contribution in [0.5, 0.6) is 0 Å². The summed E-state index contributed by atoms with van der Waals surface area (Å²) in [6.07, 6.45) is -59.2. The topological polar surface area (TPSA) is 584 Å². The number of carbonyl (C=O) groups excluding carboxylic acids is 3. The Balaban J connectivity index is 1.25. The van der Waals surface area contributed by atoms with Crippen molar-refractivity contribution < 1.29 is 168 Å². The predicted molar refractivity (Wildman–Crippen MR) is 236 cm³/mol. The second kappa shape index (κ2) is 26.8. The highest BCUT2D eigenvalue weighted by molar-refractivity contribution is 5.75. The molecule has 6 fully saturated rings. The van der Waals surface area contributed by atoms with E-state index >= 15 is 0 Å². The number of hydrogen-bond donors (Lipinski definition) is 20. The van der Waals surface area contributed by atoms with E-state index in [4.69, 9.17) is 52.1 Å². The van der Waals surface area contributed by atoms with Gasteiger partial charge in [-0.15, -0.1) is 0 Å².